The molecular weight excluding hydrogens is 357 g/mol. The highest BCUT2D eigenvalue weighted by molar-refractivity contribution is 6.30. The highest BCUT2D eigenvalue weighted by Crippen LogP contribution is 2.34. The quantitative estimate of drug-likeness (QED) is 0.686. The maximum absolute atomic E-state index is 13.8. The molecule has 0 N–H and O–H groups in total. The number of anilines is 1. The van der Waals surface area contributed by atoms with Crippen molar-refractivity contribution in [3.63, 3.8) is 0 Å². The van der Waals surface area contributed by atoms with E-state index in [2.05, 4.69) is 10.1 Å². The number of nitrogens with zero attached hydrogens (tertiary/aromatic N) is 3. The Morgan fingerprint density at radius 1 is 1.23 bits per heavy atom. The molecule has 1 unspecified atom stereocenters. The monoisotopic (exact) mass is 371 g/mol. The predicted molar refractivity (Wildman–Crippen MR) is 95.6 cm³/mol. The lowest BCUT2D eigenvalue weighted by atomic mass is 10.1. The van der Waals surface area contributed by atoms with Crippen molar-refractivity contribution in [3.05, 3.63) is 64.8 Å². The fraction of sp³-hybridized carbons (Fsp3) is 0.211. The number of carbonyl (C=O) groups excluding carboxylic acids is 1. The molecule has 0 aliphatic carbocycles. The lowest BCUT2D eigenvalue weighted by molar-refractivity contribution is -0.117. The van der Waals surface area contributed by atoms with Gasteiger partial charge in [0.2, 0.25) is 17.6 Å². The van der Waals surface area contributed by atoms with Gasteiger partial charge in [-0.15, -0.1) is 0 Å². The molecule has 1 aliphatic heterocycles. The van der Waals surface area contributed by atoms with Crippen molar-refractivity contribution in [2.24, 2.45) is 0 Å². The Morgan fingerprint density at radius 3 is 2.77 bits per heavy atom. The summed E-state index contributed by atoms with van der Waals surface area (Å²) in [5.41, 5.74) is 1.82. The van der Waals surface area contributed by atoms with Crippen molar-refractivity contribution in [2.75, 3.05) is 11.4 Å². The van der Waals surface area contributed by atoms with Crippen LogP contribution in [-0.2, 0) is 4.79 Å². The second-order valence-corrected chi connectivity index (χ2v) is 6.69. The molecule has 2 heterocycles. The smallest absolute Gasteiger partial charge is 0.232 e. The number of halogens is 2. The van der Waals surface area contributed by atoms with Gasteiger partial charge in [0.05, 0.1) is 5.92 Å². The van der Waals surface area contributed by atoms with Crippen LogP contribution in [0.3, 0.4) is 0 Å². The maximum atomic E-state index is 13.8. The lowest BCUT2D eigenvalue weighted by Crippen LogP contribution is -2.25. The fourth-order valence-electron chi connectivity index (χ4n) is 3.11. The van der Waals surface area contributed by atoms with E-state index in [0.717, 1.165) is 5.56 Å². The zero-order valence-corrected chi connectivity index (χ0v) is 14.7. The molecule has 3 aromatic rings. The van der Waals surface area contributed by atoms with Crippen molar-refractivity contribution in [1.82, 2.24) is 10.1 Å². The van der Waals surface area contributed by atoms with Gasteiger partial charge >= 0.3 is 0 Å². The number of aromatic nitrogens is 2. The number of hydrogen-bond acceptors (Lipinski definition) is 4. The Morgan fingerprint density at radius 2 is 2.00 bits per heavy atom. The largest absolute Gasteiger partial charge is 0.339 e. The molecule has 7 heteroatoms. The minimum Gasteiger partial charge on any atom is -0.339 e. The van der Waals surface area contributed by atoms with Crippen LogP contribution >= 0.6 is 11.6 Å². The Balaban J connectivity index is 1.58. The highest BCUT2D eigenvalue weighted by Gasteiger charge is 2.36. The molecule has 1 fully saturated rings. The van der Waals surface area contributed by atoms with Gasteiger partial charge in [-0.1, -0.05) is 22.8 Å². The van der Waals surface area contributed by atoms with Crippen LogP contribution in [0.4, 0.5) is 10.1 Å². The molecule has 0 spiro atoms. The molecule has 1 aromatic heterocycles. The summed E-state index contributed by atoms with van der Waals surface area (Å²) in [6.45, 7) is 2.04. The molecule has 132 valence electrons. The van der Waals surface area contributed by atoms with Crippen LogP contribution < -0.4 is 4.90 Å². The third-order valence-electron chi connectivity index (χ3n) is 4.55. The zero-order chi connectivity index (χ0) is 18.3. The number of amides is 1. The van der Waals surface area contributed by atoms with Gasteiger partial charge in [-0.05, 0) is 43.3 Å². The molecule has 0 bridgehead atoms. The third kappa shape index (κ3) is 2.97. The molecule has 1 saturated heterocycles. The Labute approximate surface area is 154 Å². The average molecular weight is 372 g/mol. The average Bonchev–Trinajstić information content (AvgIpc) is 3.25. The van der Waals surface area contributed by atoms with Gasteiger partial charge in [0.15, 0.2) is 0 Å². The molecule has 0 radical (unpaired) electrons. The normalized spacial score (nSPS) is 17.1. The molecule has 26 heavy (non-hydrogen) atoms. The maximum Gasteiger partial charge on any atom is 0.232 e. The van der Waals surface area contributed by atoms with Gasteiger partial charge in [0, 0.05) is 34.8 Å². The summed E-state index contributed by atoms with van der Waals surface area (Å²) < 4.78 is 19.2. The van der Waals surface area contributed by atoms with Crippen LogP contribution in [-0.4, -0.2) is 22.6 Å². The van der Waals surface area contributed by atoms with Gasteiger partial charge in [0.1, 0.15) is 5.82 Å². The van der Waals surface area contributed by atoms with Crippen molar-refractivity contribution in [1.29, 1.82) is 0 Å². The predicted octanol–water partition coefficient (Wildman–Crippen LogP) is 4.36. The molecule has 1 atom stereocenters. The molecule has 4 rings (SSSR count). The SMILES string of the molecule is Cc1c(F)cccc1N1CC(c2nc(-c3ccc(Cl)cc3)no2)CC1=O. The van der Waals surface area contributed by atoms with E-state index in [1.54, 1.807) is 48.2 Å². The van der Waals surface area contributed by atoms with Crippen molar-refractivity contribution in [2.45, 2.75) is 19.3 Å². The minimum absolute atomic E-state index is 0.0880. The van der Waals surface area contributed by atoms with E-state index in [0.29, 0.717) is 34.5 Å². The summed E-state index contributed by atoms with van der Waals surface area (Å²) in [5.74, 6) is 0.208. The Bertz CT molecular complexity index is 971. The minimum atomic E-state index is -0.332. The summed E-state index contributed by atoms with van der Waals surface area (Å²) in [5, 5.41) is 4.62. The summed E-state index contributed by atoms with van der Waals surface area (Å²) in [7, 11) is 0. The van der Waals surface area contributed by atoms with Crippen LogP contribution in [0.5, 0.6) is 0 Å². The molecule has 1 amide bonds. The fourth-order valence-corrected chi connectivity index (χ4v) is 3.24. The van der Waals surface area contributed by atoms with Gasteiger partial charge in [0.25, 0.3) is 0 Å². The second kappa shape index (κ2) is 6.53. The van der Waals surface area contributed by atoms with Crippen molar-refractivity contribution in [3.8, 4) is 11.4 Å². The van der Waals surface area contributed by atoms with E-state index in [-0.39, 0.29) is 24.1 Å². The lowest BCUT2D eigenvalue weighted by Gasteiger charge is -2.18. The van der Waals surface area contributed by atoms with E-state index < -0.39 is 0 Å². The number of rotatable bonds is 3. The van der Waals surface area contributed by atoms with Gasteiger partial charge in [-0.3, -0.25) is 4.79 Å². The van der Waals surface area contributed by atoms with Crippen LogP contribution in [0.2, 0.25) is 5.02 Å². The summed E-state index contributed by atoms with van der Waals surface area (Å²) in [4.78, 5) is 18.4. The number of carbonyl (C=O) groups is 1. The molecule has 0 saturated carbocycles. The van der Waals surface area contributed by atoms with E-state index in [1.165, 1.54) is 6.07 Å². The van der Waals surface area contributed by atoms with Crippen molar-refractivity contribution >= 4 is 23.2 Å². The van der Waals surface area contributed by atoms with Crippen LogP contribution in [0.25, 0.3) is 11.4 Å². The van der Waals surface area contributed by atoms with Crippen LogP contribution in [0, 0.1) is 12.7 Å². The summed E-state index contributed by atoms with van der Waals surface area (Å²) in [6.07, 6.45) is 0.248. The van der Waals surface area contributed by atoms with Gasteiger partial charge < -0.3 is 9.42 Å². The Kier molecular flexibility index (Phi) is 4.20. The molecule has 5 nitrogen and oxygen atoms in total. The van der Waals surface area contributed by atoms with E-state index in [1.807, 2.05) is 0 Å². The van der Waals surface area contributed by atoms with Crippen LogP contribution in [0.15, 0.2) is 47.0 Å². The first-order valence-corrected chi connectivity index (χ1v) is 8.56. The van der Waals surface area contributed by atoms with Gasteiger partial charge in [-0.2, -0.15) is 4.98 Å². The third-order valence-corrected chi connectivity index (χ3v) is 4.80. The standard InChI is InChI=1S/C19H15ClFN3O2/c1-11-15(21)3-2-4-16(11)24-10-13(9-17(24)25)19-22-18(23-26-19)12-5-7-14(20)8-6-12/h2-8,13H,9-10H2,1H3. The topological polar surface area (TPSA) is 59.2 Å². The number of hydrogen-bond donors (Lipinski definition) is 0. The summed E-state index contributed by atoms with van der Waals surface area (Å²) in [6, 6.07) is 11.8. The summed E-state index contributed by atoms with van der Waals surface area (Å²) >= 11 is 5.89. The first-order chi connectivity index (χ1) is 12.5. The van der Waals surface area contributed by atoms with E-state index in [9.17, 15) is 9.18 Å². The Hall–Kier alpha value is -2.73. The number of benzene rings is 2. The van der Waals surface area contributed by atoms with Crippen LogP contribution in [0.1, 0.15) is 23.8 Å². The molecule has 1 aliphatic rings. The van der Waals surface area contributed by atoms with Crippen molar-refractivity contribution < 1.29 is 13.7 Å². The van der Waals surface area contributed by atoms with E-state index in [4.69, 9.17) is 16.1 Å². The molecular formula is C19H15ClFN3O2. The molecule has 2 aromatic carbocycles. The zero-order valence-electron chi connectivity index (χ0n) is 13.9. The van der Waals surface area contributed by atoms with Gasteiger partial charge in [-0.25, -0.2) is 4.39 Å². The first kappa shape index (κ1) is 16.7. The highest BCUT2D eigenvalue weighted by atomic mass is 35.5. The van der Waals surface area contributed by atoms with E-state index >= 15 is 0 Å². The second-order valence-electron chi connectivity index (χ2n) is 6.25. The first-order valence-electron chi connectivity index (χ1n) is 8.18.